The molecule has 2 rings (SSSR count). The van der Waals surface area contributed by atoms with Gasteiger partial charge in [0.25, 0.3) is 0 Å². The first kappa shape index (κ1) is 11.7. The molecule has 2 N–H and O–H groups in total. The molecule has 0 radical (unpaired) electrons. The van der Waals surface area contributed by atoms with Crippen molar-refractivity contribution < 1.29 is 9.90 Å². The van der Waals surface area contributed by atoms with Crippen LogP contribution in [0.4, 0.5) is 10.5 Å². The number of anilines is 1. The van der Waals surface area contributed by atoms with E-state index in [1.54, 1.807) is 0 Å². The topological polar surface area (TPSA) is 72.6 Å². The minimum absolute atomic E-state index is 0.487. The Morgan fingerprint density at radius 1 is 1.24 bits per heavy atom. The van der Waals surface area contributed by atoms with Crippen LogP contribution in [-0.2, 0) is 6.54 Å². The van der Waals surface area contributed by atoms with Crippen LogP contribution in [0.2, 0.25) is 0 Å². The van der Waals surface area contributed by atoms with E-state index in [0.29, 0.717) is 32.7 Å². The van der Waals surface area contributed by atoms with Gasteiger partial charge in [0.2, 0.25) is 0 Å². The van der Waals surface area contributed by atoms with Gasteiger partial charge in [-0.3, -0.25) is 0 Å². The number of benzene rings is 1. The van der Waals surface area contributed by atoms with Crippen molar-refractivity contribution in [2.24, 2.45) is 5.73 Å². The van der Waals surface area contributed by atoms with Crippen molar-refractivity contribution in [1.29, 1.82) is 0 Å². The molecule has 0 atom stereocenters. The van der Waals surface area contributed by atoms with Gasteiger partial charge in [0.1, 0.15) is 6.09 Å². The van der Waals surface area contributed by atoms with Gasteiger partial charge in [0.15, 0.2) is 0 Å². The second-order valence-electron chi connectivity index (χ2n) is 4.07. The fourth-order valence-corrected chi connectivity index (χ4v) is 2.12. The summed E-state index contributed by atoms with van der Waals surface area (Å²) >= 11 is 0. The number of rotatable bonds is 2. The van der Waals surface area contributed by atoms with Gasteiger partial charge in [-0.2, -0.15) is 0 Å². The van der Waals surface area contributed by atoms with E-state index in [9.17, 15) is 9.90 Å². The van der Waals surface area contributed by atoms with Crippen LogP contribution in [0.3, 0.4) is 0 Å². The number of carbonyl (C=O) groups excluding carboxylic acids is 1. The second-order valence-corrected chi connectivity index (χ2v) is 4.07. The summed E-state index contributed by atoms with van der Waals surface area (Å²) in [4.78, 5) is 14.2. The molecule has 0 spiro atoms. The Balaban J connectivity index is 2.07. The van der Waals surface area contributed by atoms with Gasteiger partial charge in [-0.25, -0.2) is 0 Å². The van der Waals surface area contributed by atoms with Crippen LogP contribution in [0.25, 0.3) is 0 Å². The number of nitrogens with zero attached hydrogens (tertiary/aromatic N) is 2. The van der Waals surface area contributed by atoms with E-state index in [1.165, 1.54) is 4.90 Å². The van der Waals surface area contributed by atoms with E-state index in [2.05, 4.69) is 4.90 Å². The van der Waals surface area contributed by atoms with Crippen LogP contribution in [0.15, 0.2) is 24.3 Å². The van der Waals surface area contributed by atoms with Crippen molar-refractivity contribution in [3.05, 3.63) is 29.8 Å². The first-order chi connectivity index (χ1) is 8.22. The highest BCUT2D eigenvalue weighted by molar-refractivity contribution is 5.63. The molecule has 5 heteroatoms. The van der Waals surface area contributed by atoms with Crippen LogP contribution in [0, 0.1) is 0 Å². The van der Waals surface area contributed by atoms with Crippen molar-refractivity contribution >= 4 is 11.8 Å². The molecule has 1 aromatic carbocycles. The second kappa shape index (κ2) is 5.05. The normalized spacial score (nSPS) is 16.1. The molecule has 1 amide bonds. The van der Waals surface area contributed by atoms with Crippen molar-refractivity contribution in [1.82, 2.24) is 4.90 Å². The molecule has 1 aliphatic rings. The van der Waals surface area contributed by atoms with E-state index in [0.717, 1.165) is 11.3 Å². The molecule has 5 nitrogen and oxygen atoms in total. The number of piperazine rings is 1. The fraction of sp³-hybridized carbons (Fsp3) is 0.417. The molecule has 0 saturated carbocycles. The Labute approximate surface area is 100 Å². The van der Waals surface area contributed by atoms with Crippen LogP contribution in [0.1, 0.15) is 5.56 Å². The minimum atomic E-state index is -1.09. The van der Waals surface area contributed by atoms with Crippen molar-refractivity contribution in [2.45, 2.75) is 6.54 Å². The van der Waals surface area contributed by atoms with Crippen LogP contribution < -0.4 is 15.7 Å². The lowest BCUT2D eigenvalue weighted by molar-refractivity contribution is -0.265. The average molecular weight is 234 g/mol. The molecular weight excluding hydrogens is 218 g/mol. The van der Waals surface area contributed by atoms with Gasteiger partial charge in [0.05, 0.1) is 0 Å². The maximum atomic E-state index is 10.7. The number of nitrogens with two attached hydrogens (primary N) is 1. The number of carboxylic acid groups (broad SMARTS) is 1. The maximum absolute atomic E-state index is 10.7. The van der Waals surface area contributed by atoms with E-state index < -0.39 is 6.09 Å². The summed E-state index contributed by atoms with van der Waals surface area (Å²) in [5.41, 5.74) is 7.89. The Kier molecular flexibility index (Phi) is 3.49. The summed E-state index contributed by atoms with van der Waals surface area (Å²) in [6.45, 7) is 2.84. The summed E-state index contributed by atoms with van der Waals surface area (Å²) in [5, 5.41) is 10.7. The van der Waals surface area contributed by atoms with Gasteiger partial charge in [-0.05, 0) is 11.6 Å². The Morgan fingerprint density at radius 2 is 1.88 bits per heavy atom. The summed E-state index contributed by atoms with van der Waals surface area (Å²) in [5.74, 6) is 0. The monoisotopic (exact) mass is 234 g/mol. The molecular formula is C12H16N3O2-. The Bertz CT molecular complexity index is 400. The molecule has 1 saturated heterocycles. The van der Waals surface area contributed by atoms with E-state index in [-0.39, 0.29) is 0 Å². The molecule has 0 aliphatic carbocycles. The predicted molar refractivity (Wildman–Crippen MR) is 63.5 cm³/mol. The van der Waals surface area contributed by atoms with Gasteiger partial charge in [-0.1, -0.05) is 18.2 Å². The lowest BCUT2D eigenvalue weighted by Gasteiger charge is -2.38. The van der Waals surface area contributed by atoms with Crippen molar-refractivity contribution in [3.8, 4) is 0 Å². The molecule has 1 fully saturated rings. The van der Waals surface area contributed by atoms with E-state index in [4.69, 9.17) is 5.73 Å². The third-order valence-corrected chi connectivity index (χ3v) is 3.09. The standard InChI is InChI=1S/C12H17N3O2/c13-9-10-3-1-2-4-11(10)14-5-7-15(8-6-14)12(16)17/h1-4H,5-9,13H2,(H,16,17)/p-1. The third-order valence-electron chi connectivity index (χ3n) is 3.09. The molecule has 1 aromatic rings. The van der Waals surface area contributed by atoms with Gasteiger partial charge in [0, 0.05) is 38.4 Å². The first-order valence-corrected chi connectivity index (χ1v) is 5.71. The first-order valence-electron chi connectivity index (χ1n) is 5.71. The smallest absolute Gasteiger partial charge is 0.137 e. The number of hydrogen-bond donors (Lipinski definition) is 1. The quantitative estimate of drug-likeness (QED) is 0.756. The van der Waals surface area contributed by atoms with Crippen molar-refractivity contribution in [2.75, 3.05) is 31.1 Å². The zero-order valence-corrected chi connectivity index (χ0v) is 9.63. The Morgan fingerprint density at radius 3 is 2.47 bits per heavy atom. The number of hydrogen-bond acceptors (Lipinski definition) is 4. The van der Waals surface area contributed by atoms with Crippen LogP contribution >= 0.6 is 0 Å². The fourth-order valence-electron chi connectivity index (χ4n) is 2.12. The molecule has 0 unspecified atom stereocenters. The highest BCUT2D eigenvalue weighted by atomic mass is 16.4. The molecule has 1 aliphatic heterocycles. The molecule has 92 valence electrons. The Hall–Kier alpha value is -1.75. The van der Waals surface area contributed by atoms with Gasteiger partial charge in [-0.15, -0.1) is 0 Å². The molecule has 0 bridgehead atoms. The number of para-hydroxylation sites is 1. The van der Waals surface area contributed by atoms with Crippen LogP contribution in [0.5, 0.6) is 0 Å². The zero-order chi connectivity index (χ0) is 12.3. The summed E-state index contributed by atoms with van der Waals surface area (Å²) in [6, 6.07) is 7.96. The highest BCUT2D eigenvalue weighted by Crippen LogP contribution is 2.21. The molecule has 1 heterocycles. The lowest BCUT2D eigenvalue weighted by Crippen LogP contribution is -2.52. The molecule has 17 heavy (non-hydrogen) atoms. The van der Waals surface area contributed by atoms with E-state index >= 15 is 0 Å². The minimum Gasteiger partial charge on any atom is -0.530 e. The third kappa shape index (κ3) is 2.50. The predicted octanol–water partition coefficient (Wildman–Crippen LogP) is -0.389. The summed E-state index contributed by atoms with van der Waals surface area (Å²) < 4.78 is 0. The van der Waals surface area contributed by atoms with Crippen molar-refractivity contribution in [3.63, 3.8) is 0 Å². The largest absolute Gasteiger partial charge is 0.530 e. The number of amides is 1. The van der Waals surface area contributed by atoms with Gasteiger partial charge < -0.3 is 25.4 Å². The summed E-state index contributed by atoms with van der Waals surface area (Å²) in [7, 11) is 0. The zero-order valence-electron chi connectivity index (χ0n) is 9.63. The summed E-state index contributed by atoms with van der Waals surface area (Å²) in [6.07, 6.45) is -1.09. The highest BCUT2D eigenvalue weighted by Gasteiger charge is 2.18. The van der Waals surface area contributed by atoms with E-state index in [1.807, 2.05) is 24.3 Å². The maximum Gasteiger partial charge on any atom is 0.137 e. The van der Waals surface area contributed by atoms with Crippen LogP contribution in [-0.4, -0.2) is 37.2 Å². The molecule has 0 aromatic heterocycles. The average Bonchev–Trinajstić information content (AvgIpc) is 2.39. The SMILES string of the molecule is NCc1ccccc1N1CCN(C(=O)[O-])CC1. The lowest BCUT2D eigenvalue weighted by atomic mass is 10.1. The van der Waals surface area contributed by atoms with Gasteiger partial charge >= 0.3 is 0 Å². The number of carbonyl (C=O) groups is 1.